The molecule has 0 saturated heterocycles. The summed E-state index contributed by atoms with van der Waals surface area (Å²) >= 11 is 0. The molecule has 9 heteroatoms. The molecule has 0 amide bonds. The van der Waals surface area contributed by atoms with E-state index in [0.717, 1.165) is 17.1 Å². The number of aromatic nitrogens is 5. The number of ether oxygens (including phenoxy) is 2. The van der Waals surface area contributed by atoms with Gasteiger partial charge in [0.2, 0.25) is 12.6 Å². The number of nitrogens with zero attached hydrogens (tertiary/aromatic N) is 5. The molecule has 1 aliphatic heterocycles. The van der Waals surface area contributed by atoms with Crippen molar-refractivity contribution >= 4 is 5.78 Å². The minimum absolute atomic E-state index is 0.0559. The van der Waals surface area contributed by atoms with Gasteiger partial charge >= 0.3 is 0 Å². The second kappa shape index (κ2) is 7.35. The van der Waals surface area contributed by atoms with E-state index in [1.54, 1.807) is 12.1 Å². The van der Waals surface area contributed by atoms with Gasteiger partial charge in [-0.15, -0.1) is 10.2 Å². The van der Waals surface area contributed by atoms with Gasteiger partial charge in [0.15, 0.2) is 17.3 Å². The quantitative estimate of drug-likeness (QED) is 0.461. The van der Waals surface area contributed by atoms with Gasteiger partial charge in [-0.3, -0.25) is 4.79 Å². The van der Waals surface area contributed by atoms with Gasteiger partial charge < -0.3 is 14.0 Å². The lowest BCUT2D eigenvalue weighted by Crippen LogP contribution is -2.14. The van der Waals surface area contributed by atoms with Crippen molar-refractivity contribution in [2.45, 2.75) is 20.4 Å². The van der Waals surface area contributed by atoms with Crippen LogP contribution in [0.2, 0.25) is 0 Å². The first-order valence-corrected chi connectivity index (χ1v) is 9.65. The van der Waals surface area contributed by atoms with Crippen LogP contribution in [-0.2, 0) is 6.54 Å². The number of fused-ring (bicyclic) bond motifs is 1. The van der Waals surface area contributed by atoms with E-state index in [2.05, 4.69) is 15.4 Å². The van der Waals surface area contributed by atoms with Crippen LogP contribution in [0.15, 0.2) is 48.5 Å². The van der Waals surface area contributed by atoms with E-state index in [0.29, 0.717) is 28.5 Å². The number of aryl methyl sites for hydroxylation is 1. The van der Waals surface area contributed by atoms with Crippen LogP contribution in [0.4, 0.5) is 4.39 Å². The number of tetrazole rings is 1. The van der Waals surface area contributed by atoms with Crippen LogP contribution in [0.1, 0.15) is 21.7 Å². The van der Waals surface area contributed by atoms with Crippen molar-refractivity contribution in [2.24, 2.45) is 0 Å². The summed E-state index contributed by atoms with van der Waals surface area (Å²) in [6.45, 7) is 3.98. The molecule has 0 unspecified atom stereocenters. The smallest absolute Gasteiger partial charge is 0.231 e. The fourth-order valence-electron chi connectivity index (χ4n) is 3.71. The Labute approximate surface area is 176 Å². The molecule has 0 saturated carbocycles. The van der Waals surface area contributed by atoms with Crippen molar-refractivity contribution in [1.29, 1.82) is 0 Å². The first kappa shape index (κ1) is 19.0. The van der Waals surface area contributed by atoms with Gasteiger partial charge in [-0.25, -0.2) is 4.39 Å². The normalized spacial score (nSPS) is 12.4. The summed E-state index contributed by atoms with van der Waals surface area (Å²) in [5, 5.41) is 12.2. The van der Waals surface area contributed by atoms with Crippen LogP contribution in [0.5, 0.6) is 11.5 Å². The minimum atomic E-state index is -0.343. The third-order valence-electron chi connectivity index (χ3n) is 5.19. The maximum absolute atomic E-state index is 13.1. The minimum Gasteiger partial charge on any atom is -0.454 e. The molecule has 2 aromatic carbocycles. The average Bonchev–Trinajstić information content (AvgIpc) is 3.47. The predicted molar refractivity (Wildman–Crippen MR) is 109 cm³/mol. The Kier molecular flexibility index (Phi) is 4.50. The van der Waals surface area contributed by atoms with Gasteiger partial charge in [-0.05, 0) is 61.5 Å². The molecule has 0 spiro atoms. The molecule has 0 N–H and O–H groups in total. The highest BCUT2D eigenvalue weighted by Crippen LogP contribution is 2.35. The molecule has 5 rings (SSSR count). The molecule has 4 aromatic rings. The third-order valence-corrected chi connectivity index (χ3v) is 5.19. The lowest BCUT2D eigenvalue weighted by molar-refractivity contribution is 0.0961. The summed E-state index contributed by atoms with van der Waals surface area (Å²) in [6, 6.07) is 13.3. The molecule has 0 radical (unpaired) electrons. The molecular weight excluding hydrogens is 401 g/mol. The van der Waals surface area contributed by atoms with Crippen LogP contribution >= 0.6 is 0 Å². The van der Waals surface area contributed by atoms with Crippen LogP contribution in [0.3, 0.4) is 0 Å². The zero-order valence-electron chi connectivity index (χ0n) is 16.9. The second-order valence-electron chi connectivity index (χ2n) is 7.23. The van der Waals surface area contributed by atoms with Crippen molar-refractivity contribution in [3.63, 3.8) is 0 Å². The Hall–Kier alpha value is -4.01. The molecule has 0 aliphatic carbocycles. The van der Waals surface area contributed by atoms with Gasteiger partial charge in [0, 0.05) is 34.3 Å². The van der Waals surface area contributed by atoms with Gasteiger partial charge in [0.1, 0.15) is 12.4 Å². The SMILES string of the molecule is Cc1cc(C(=O)Cn2nnc(-c3ccc(F)cc3)n2)c(C)n1-c1ccc2c(c1)OCO2. The summed E-state index contributed by atoms with van der Waals surface area (Å²) in [7, 11) is 0. The fourth-order valence-corrected chi connectivity index (χ4v) is 3.71. The van der Waals surface area contributed by atoms with E-state index in [1.807, 2.05) is 42.7 Å². The Bertz CT molecular complexity index is 1290. The topological polar surface area (TPSA) is 84.1 Å². The van der Waals surface area contributed by atoms with Crippen molar-refractivity contribution in [2.75, 3.05) is 6.79 Å². The van der Waals surface area contributed by atoms with E-state index in [9.17, 15) is 9.18 Å². The number of Topliss-reactive ketones (excluding diaryl/α,β-unsaturated/α-hetero) is 1. The first-order chi connectivity index (χ1) is 15.0. The first-order valence-electron chi connectivity index (χ1n) is 9.65. The summed E-state index contributed by atoms with van der Waals surface area (Å²) in [6.07, 6.45) is 0. The maximum atomic E-state index is 13.1. The number of hydrogen-bond donors (Lipinski definition) is 0. The number of carbonyl (C=O) groups excluding carboxylic acids is 1. The van der Waals surface area contributed by atoms with E-state index >= 15 is 0 Å². The van der Waals surface area contributed by atoms with Gasteiger partial charge in [0.05, 0.1) is 0 Å². The third kappa shape index (κ3) is 3.43. The monoisotopic (exact) mass is 419 g/mol. The summed E-state index contributed by atoms with van der Waals surface area (Å²) in [5.41, 5.74) is 3.81. The van der Waals surface area contributed by atoms with Crippen molar-refractivity contribution < 1.29 is 18.7 Å². The van der Waals surface area contributed by atoms with Gasteiger partial charge in [-0.2, -0.15) is 4.80 Å². The summed E-state index contributed by atoms with van der Waals surface area (Å²) in [4.78, 5) is 14.2. The molecule has 0 atom stereocenters. The van der Waals surface area contributed by atoms with Crippen molar-refractivity contribution in [3.8, 4) is 28.6 Å². The van der Waals surface area contributed by atoms with Gasteiger partial charge in [-0.1, -0.05) is 0 Å². The van der Waals surface area contributed by atoms with Crippen LogP contribution in [-0.4, -0.2) is 37.4 Å². The molecule has 0 bridgehead atoms. The average molecular weight is 419 g/mol. The molecule has 2 aromatic heterocycles. The highest BCUT2D eigenvalue weighted by molar-refractivity contribution is 5.97. The van der Waals surface area contributed by atoms with Crippen molar-refractivity contribution in [3.05, 3.63) is 71.3 Å². The Balaban J connectivity index is 1.39. The highest BCUT2D eigenvalue weighted by atomic mass is 19.1. The predicted octanol–water partition coefficient (Wildman–Crippen LogP) is 3.50. The zero-order chi connectivity index (χ0) is 21.5. The number of ketones is 1. The van der Waals surface area contributed by atoms with E-state index in [-0.39, 0.29) is 24.9 Å². The standard InChI is InChI=1S/C22H18FN5O3/c1-13-9-18(14(2)28(13)17-7-8-20-21(10-17)31-12-30-20)19(29)11-27-25-22(24-26-27)15-3-5-16(23)6-4-15/h3-10H,11-12H2,1-2H3. The van der Waals surface area contributed by atoms with Gasteiger partial charge in [0.25, 0.3) is 0 Å². The molecule has 31 heavy (non-hydrogen) atoms. The maximum Gasteiger partial charge on any atom is 0.231 e. The van der Waals surface area contributed by atoms with E-state index < -0.39 is 0 Å². The van der Waals surface area contributed by atoms with Crippen molar-refractivity contribution in [1.82, 2.24) is 24.8 Å². The van der Waals surface area contributed by atoms with E-state index in [4.69, 9.17) is 9.47 Å². The van der Waals surface area contributed by atoms with Crippen LogP contribution in [0.25, 0.3) is 17.1 Å². The molecule has 1 aliphatic rings. The number of carbonyl (C=O) groups is 1. The molecule has 0 fully saturated rings. The Morgan fingerprint density at radius 1 is 1.06 bits per heavy atom. The summed E-state index contributed by atoms with van der Waals surface area (Å²) < 4.78 is 25.9. The number of hydrogen-bond acceptors (Lipinski definition) is 6. The molecule has 3 heterocycles. The zero-order valence-corrected chi connectivity index (χ0v) is 16.9. The largest absolute Gasteiger partial charge is 0.454 e. The Morgan fingerprint density at radius 2 is 1.84 bits per heavy atom. The lowest BCUT2D eigenvalue weighted by Gasteiger charge is -2.10. The number of halogens is 1. The summed E-state index contributed by atoms with van der Waals surface area (Å²) in [5.74, 6) is 1.24. The molecule has 156 valence electrons. The Morgan fingerprint density at radius 3 is 2.65 bits per heavy atom. The highest BCUT2D eigenvalue weighted by Gasteiger charge is 2.20. The number of benzene rings is 2. The molecular formula is C22H18FN5O3. The molecule has 8 nitrogen and oxygen atoms in total. The van der Waals surface area contributed by atoms with Crippen LogP contribution in [0, 0.1) is 19.7 Å². The fraction of sp³-hybridized carbons (Fsp3) is 0.182. The lowest BCUT2D eigenvalue weighted by atomic mass is 10.1. The van der Waals surface area contributed by atoms with E-state index in [1.165, 1.54) is 16.9 Å². The second-order valence-corrected chi connectivity index (χ2v) is 7.23. The van der Waals surface area contributed by atoms with Crippen LogP contribution < -0.4 is 9.47 Å². The number of rotatable bonds is 5.